The first-order valence-electron chi connectivity index (χ1n) is 5.52. The summed E-state index contributed by atoms with van der Waals surface area (Å²) in [4.78, 5) is 12.5. The predicted octanol–water partition coefficient (Wildman–Crippen LogP) is 1.70. The summed E-state index contributed by atoms with van der Waals surface area (Å²) < 4.78 is 0. The number of nitrogens with one attached hydrogen (secondary N) is 2. The van der Waals surface area contributed by atoms with E-state index in [9.17, 15) is 4.79 Å². The van der Waals surface area contributed by atoms with Gasteiger partial charge in [-0.15, -0.1) is 12.6 Å². The van der Waals surface area contributed by atoms with Crippen molar-refractivity contribution in [2.24, 2.45) is 0 Å². The summed E-state index contributed by atoms with van der Waals surface area (Å²) in [7, 11) is 0. The lowest BCUT2D eigenvalue weighted by Gasteiger charge is -2.05. The van der Waals surface area contributed by atoms with Crippen molar-refractivity contribution in [3.05, 3.63) is 29.8 Å². The third-order valence-corrected chi connectivity index (χ3v) is 2.49. The van der Waals surface area contributed by atoms with E-state index in [4.69, 9.17) is 0 Å². The van der Waals surface area contributed by atoms with Crippen LogP contribution in [0.15, 0.2) is 29.2 Å². The molecule has 0 radical (unpaired) electrons. The van der Waals surface area contributed by atoms with Crippen LogP contribution < -0.4 is 10.6 Å². The zero-order chi connectivity index (χ0) is 11.8. The van der Waals surface area contributed by atoms with Crippen LogP contribution in [0.3, 0.4) is 0 Å². The van der Waals surface area contributed by atoms with Crippen LogP contribution in [0.5, 0.6) is 0 Å². The van der Waals surface area contributed by atoms with Crippen molar-refractivity contribution in [2.75, 3.05) is 19.6 Å². The molecule has 0 aliphatic heterocycles. The van der Waals surface area contributed by atoms with E-state index >= 15 is 0 Å². The number of amides is 1. The molecule has 4 heteroatoms. The van der Waals surface area contributed by atoms with Gasteiger partial charge in [0.05, 0.1) is 0 Å². The summed E-state index contributed by atoms with van der Waals surface area (Å²) in [5.41, 5.74) is 0.682. The van der Waals surface area contributed by atoms with Gasteiger partial charge in [0.1, 0.15) is 0 Å². The minimum absolute atomic E-state index is 0.0233. The maximum Gasteiger partial charge on any atom is 0.251 e. The Hall–Kier alpha value is -1.00. The molecule has 0 aliphatic carbocycles. The maximum absolute atomic E-state index is 11.6. The van der Waals surface area contributed by atoms with Crippen LogP contribution in [0.4, 0.5) is 0 Å². The second-order valence-electron chi connectivity index (χ2n) is 3.51. The van der Waals surface area contributed by atoms with Gasteiger partial charge in [0, 0.05) is 17.0 Å². The number of thiol groups is 1. The van der Waals surface area contributed by atoms with Crippen molar-refractivity contribution in [2.45, 2.75) is 18.2 Å². The zero-order valence-corrected chi connectivity index (χ0v) is 10.4. The molecule has 0 saturated heterocycles. The monoisotopic (exact) mass is 238 g/mol. The van der Waals surface area contributed by atoms with Crippen LogP contribution in [-0.2, 0) is 0 Å². The molecule has 0 spiro atoms. The van der Waals surface area contributed by atoms with Crippen molar-refractivity contribution in [3.63, 3.8) is 0 Å². The molecule has 1 aromatic rings. The third kappa shape index (κ3) is 4.68. The van der Waals surface area contributed by atoms with Crippen molar-refractivity contribution in [3.8, 4) is 0 Å². The topological polar surface area (TPSA) is 41.1 Å². The number of hydrogen-bond acceptors (Lipinski definition) is 3. The third-order valence-electron chi connectivity index (χ3n) is 2.20. The largest absolute Gasteiger partial charge is 0.352 e. The van der Waals surface area contributed by atoms with E-state index in [0.717, 1.165) is 24.4 Å². The van der Waals surface area contributed by atoms with Crippen LogP contribution in [0.25, 0.3) is 0 Å². The Bertz CT molecular complexity index is 324. The molecule has 3 nitrogen and oxygen atoms in total. The van der Waals surface area contributed by atoms with E-state index in [-0.39, 0.29) is 5.91 Å². The van der Waals surface area contributed by atoms with E-state index < -0.39 is 0 Å². The average Bonchev–Trinajstić information content (AvgIpc) is 2.29. The summed E-state index contributed by atoms with van der Waals surface area (Å²) in [6.07, 6.45) is 0.949. The summed E-state index contributed by atoms with van der Waals surface area (Å²) in [6, 6.07) is 7.19. The van der Waals surface area contributed by atoms with Gasteiger partial charge < -0.3 is 10.6 Å². The van der Waals surface area contributed by atoms with Gasteiger partial charge in [-0.25, -0.2) is 0 Å². The van der Waals surface area contributed by atoms with Gasteiger partial charge in [0.2, 0.25) is 0 Å². The molecule has 0 bridgehead atoms. The lowest BCUT2D eigenvalue weighted by atomic mass is 10.2. The van der Waals surface area contributed by atoms with Gasteiger partial charge in [-0.05, 0) is 43.8 Å². The summed E-state index contributed by atoms with van der Waals surface area (Å²) in [5, 5.41) is 6.08. The van der Waals surface area contributed by atoms with Gasteiger partial charge in [0.25, 0.3) is 5.91 Å². The Kier molecular flexibility index (Phi) is 5.96. The molecule has 88 valence electrons. The first kappa shape index (κ1) is 13.1. The molecule has 0 aromatic heterocycles. The average molecular weight is 238 g/mol. The zero-order valence-electron chi connectivity index (χ0n) is 9.49. The minimum Gasteiger partial charge on any atom is -0.352 e. The molecular weight excluding hydrogens is 220 g/mol. The number of rotatable bonds is 6. The van der Waals surface area contributed by atoms with E-state index in [2.05, 4.69) is 30.2 Å². The second kappa shape index (κ2) is 7.30. The summed E-state index contributed by atoms with van der Waals surface area (Å²) in [5.74, 6) is -0.0233. The molecule has 0 saturated carbocycles. The van der Waals surface area contributed by atoms with E-state index in [0.29, 0.717) is 12.1 Å². The van der Waals surface area contributed by atoms with Crippen molar-refractivity contribution < 1.29 is 4.79 Å². The molecule has 0 unspecified atom stereocenters. The molecular formula is C12H18N2OS. The fraction of sp³-hybridized carbons (Fsp3) is 0.417. The normalized spacial score (nSPS) is 10.1. The van der Waals surface area contributed by atoms with Crippen LogP contribution >= 0.6 is 12.6 Å². The highest BCUT2D eigenvalue weighted by atomic mass is 32.1. The first-order chi connectivity index (χ1) is 7.74. The Labute approximate surface area is 102 Å². The second-order valence-corrected chi connectivity index (χ2v) is 4.03. The maximum atomic E-state index is 11.6. The Morgan fingerprint density at radius 1 is 1.25 bits per heavy atom. The number of carbonyl (C=O) groups excluding carboxylic acids is 1. The Morgan fingerprint density at radius 2 is 1.94 bits per heavy atom. The summed E-state index contributed by atoms with van der Waals surface area (Å²) in [6.45, 7) is 4.68. The highest BCUT2D eigenvalue weighted by molar-refractivity contribution is 7.80. The smallest absolute Gasteiger partial charge is 0.251 e. The van der Waals surface area contributed by atoms with Crippen molar-refractivity contribution in [1.82, 2.24) is 10.6 Å². The number of hydrogen-bond donors (Lipinski definition) is 3. The molecule has 16 heavy (non-hydrogen) atoms. The van der Waals surface area contributed by atoms with Crippen molar-refractivity contribution in [1.29, 1.82) is 0 Å². The van der Waals surface area contributed by atoms with Gasteiger partial charge in [-0.1, -0.05) is 6.92 Å². The summed E-state index contributed by atoms with van der Waals surface area (Å²) >= 11 is 4.17. The molecule has 1 aromatic carbocycles. The lowest BCUT2D eigenvalue weighted by Crippen LogP contribution is -2.27. The molecule has 0 fully saturated rings. The Balaban J connectivity index is 2.27. The van der Waals surface area contributed by atoms with Gasteiger partial charge in [0.15, 0.2) is 0 Å². The number of benzene rings is 1. The number of carbonyl (C=O) groups is 1. The van der Waals surface area contributed by atoms with E-state index in [1.165, 1.54) is 0 Å². The SMILES string of the molecule is CCNCCCNC(=O)c1ccc(S)cc1. The van der Waals surface area contributed by atoms with Crippen LogP contribution in [0.2, 0.25) is 0 Å². The lowest BCUT2D eigenvalue weighted by molar-refractivity contribution is 0.0953. The molecule has 0 heterocycles. The standard InChI is InChI=1S/C12H18N2OS/c1-2-13-8-3-9-14-12(15)10-4-6-11(16)7-5-10/h4-7,13,16H,2-3,8-9H2,1H3,(H,14,15). The van der Waals surface area contributed by atoms with E-state index in [1.54, 1.807) is 12.1 Å². The van der Waals surface area contributed by atoms with Crippen molar-refractivity contribution >= 4 is 18.5 Å². The molecule has 1 rings (SSSR count). The first-order valence-corrected chi connectivity index (χ1v) is 5.96. The minimum atomic E-state index is -0.0233. The molecule has 0 aliphatic rings. The quantitative estimate of drug-likeness (QED) is 0.521. The highest BCUT2D eigenvalue weighted by Gasteiger charge is 2.03. The fourth-order valence-corrected chi connectivity index (χ4v) is 1.46. The Morgan fingerprint density at radius 3 is 2.56 bits per heavy atom. The van der Waals surface area contributed by atoms with Gasteiger partial charge in [-0.3, -0.25) is 4.79 Å². The van der Waals surface area contributed by atoms with Gasteiger partial charge >= 0.3 is 0 Å². The highest BCUT2D eigenvalue weighted by Crippen LogP contribution is 2.07. The van der Waals surface area contributed by atoms with Gasteiger partial charge in [-0.2, -0.15) is 0 Å². The predicted molar refractivity (Wildman–Crippen MR) is 69.2 cm³/mol. The molecule has 0 atom stereocenters. The van der Waals surface area contributed by atoms with Crippen LogP contribution in [0, 0.1) is 0 Å². The van der Waals surface area contributed by atoms with E-state index in [1.807, 2.05) is 12.1 Å². The fourth-order valence-electron chi connectivity index (χ4n) is 1.31. The van der Waals surface area contributed by atoms with Crippen LogP contribution in [0.1, 0.15) is 23.7 Å². The molecule has 1 amide bonds. The molecule has 2 N–H and O–H groups in total. The van der Waals surface area contributed by atoms with Crippen LogP contribution in [-0.4, -0.2) is 25.5 Å².